The summed E-state index contributed by atoms with van der Waals surface area (Å²) in [7, 11) is 2.04. The first-order valence-corrected chi connectivity index (χ1v) is 8.79. The second-order valence-electron chi connectivity index (χ2n) is 6.48. The minimum Gasteiger partial charge on any atom is -0.463 e. The van der Waals surface area contributed by atoms with Crippen molar-refractivity contribution in [2.75, 3.05) is 26.7 Å². The highest BCUT2D eigenvalue weighted by Crippen LogP contribution is 2.15. The highest BCUT2D eigenvalue weighted by atomic mass is 16.5. The molecule has 6 nitrogen and oxygen atoms in total. The van der Waals surface area contributed by atoms with Crippen LogP contribution in [0.25, 0.3) is 10.8 Å². The first-order chi connectivity index (χ1) is 12.6. The highest BCUT2D eigenvalue weighted by molar-refractivity contribution is 5.93. The third-order valence-electron chi connectivity index (χ3n) is 4.37. The van der Waals surface area contributed by atoms with Crippen molar-refractivity contribution in [1.82, 2.24) is 10.6 Å². The molecule has 136 valence electrons. The van der Waals surface area contributed by atoms with Gasteiger partial charge >= 0.3 is 12.0 Å². The van der Waals surface area contributed by atoms with E-state index in [4.69, 9.17) is 4.74 Å². The predicted molar refractivity (Wildman–Crippen MR) is 99.6 cm³/mol. The molecule has 2 aromatic rings. The lowest BCUT2D eigenvalue weighted by molar-refractivity contribution is -0.889. The van der Waals surface area contributed by atoms with E-state index < -0.39 is 0 Å². The van der Waals surface area contributed by atoms with Crippen LogP contribution in [0.5, 0.6) is 0 Å². The molecule has 2 aromatic carbocycles. The van der Waals surface area contributed by atoms with E-state index in [-0.39, 0.29) is 18.5 Å². The molecule has 26 heavy (non-hydrogen) atoms. The van der Waals surface area contributed by atoms with E-state index in [2.05, 4.69) is 41.0 Å². The minimum absolute atomic E-state index is 0.198. The molecule has 0 bridgehead atoms. The lowest BCUT2D eigenvalue weighted by atomic mass is 10.1. The fourth-order valence-electron chi connectivity index (χ4n) is 3.16. The van der Waals surface area contributed by atoms with E-state index >= 15 is 0 Å². The average Bonchev–Trinajstić information content (AvgIpc) is 2.62. The molecule has 0 radical (unpaired) electrons. The quantitative estimate of drug-likeness (QED) is 0.678. The summed E-state index contributed by atoms with van der Waals surface area (Å²) in [6, 6.07) is 14.4. The fraction of sp³-hybridized carbons (Fsp3) is 0.300. The number of amides is 2. The van der Waals surface area contributed by atoms with Gasteiger partial charge in [-0.15, -0.1) is 0 Å². The van der Waals surface area contributed by atoms with Crippen molar-refractivity contribution in [2.45, 2.75) is 13.5 Å². The molecule has 6 heteroatoms. The largest absolute Gasteiger partial charge is 0.463 e. The van der Waals surface area contributed by atoms with Crippen molar-refractivity contribution in [3.8, 4) is 0 Å². The molecule has 0 saturated carbocycles. The van der Waals surface area contributed by atoms with Gasteiger partial charge in [0.05, 0.1) is 31.5 Å². The maximum Gasteiger partial charge on any atom is 0.337 e. The summed E-state index contributed by atoms with van der Waals surface area (Å²) in [5.74, 6) is -0.381. The number of nitrogens with one attached hydrogen (secondary N) is 3. The molecule has 0 aliphatic carbocycles. The van der Waals surface area contributed by atoms with Crippen LogP contribution in [0.4, 0.5) is 4.79 Å². The molecule has 0 aromatic heterocycles. The monoisotopic (exact) mass is 354 g/mol. The van der Waals surface area contributed by atoms with Crippen LogP contribution in [0.3, 0.4) is 0 Å². The number of hydrogen-bond donors (Lipinski definition) is 3. The number of ether oxygens (including phenoxy) is 1. The molecule has 1 aliphatic heterocycles. The number of rotatable bonds is 6. The van der Waals surface area contributed by atoms with Gasteiger partial charge in [-0.1, -0.05) is 36.4 Å². The SMILES string of the molecule is CCOC(=O)C1=C(C[NH+](C)Cc2ccc3ccccc3c2)NC(=O)NC1. The van der Waals surface area contributed by atoms with Crippen LogP contribution in [-0.2, 0) is 16.1 Å². The van der Waals surface area contributed by atoms with Gasteiger partial charge in [0.15, 0.2) is 0 Å². The normalized spacial score (nSPS) is 15.4. The van der Waals surface area contributed by atoms with Gasteiger partial charge < -0.3 is 20.3 Å². The number of benzene rings is 2. The number of hydrogen-bond acceptors (Lipinski definition) is 3. The predicted octanol–water partition coefficient (Wildman–Crippen LogP) is 0.984. The topological polar surface area (TPSA) is 71.9 Å². The van der Waals surface area contributed by atoms with Gasteiger partial charge in [-0.05, 0) is 23.8 Å². The van der Waals surface area contributed by atoms with Crippen LogP contribution >= 0.6 is 0 Å². The maximum atomic E-state index is 12.1. The Morgan fingerprint density at radius 2 is 1.92 bits per heavy atom. The Morgan fingerprint density at radius 1 is 1.15 bits per heavy atom. The molecular formula is C20H24N3O3+. The van der Waals surface area contributed by atoms with Gasteiger partial charge in [0.25, 0.3) is 0 Å². The number of carbonyl (C=O) groups is 2. The lowest BCUT2D eigenvalue weighted by Gasteiger charge is -2.23. The summed E-state index contributed by atoms with van der Waals surface area (Å²) in [5, 5.41) is 7.81. The molecule has 3 rings (SSSR count). The molecule has 1 unspecified atom stereocenters. The molecule has 0 fully saturated rings. The molecule has 1 aliphatic rings. The number of urea groups is 1. The standard InChI is InChI=1S/C20H23N3O3/c1-3-26-19(24)17-11-21-20(25)22-18(17)13-23(2)12-14-8-9-15-6-4-5-7-16(15)10-14/h4-10H,3,11-13H2,1-2H3,(H2,21,22,25)/p+1. The molecule has 3 N–H and O–H groups in total. The number of esters is 1. The Kier molecular flexibility index (Phi) is 5.53. The zero-order valence-corrected chi connectivity index (χ0v) is 15.1. The van der Waals surface area contributed by atoms with E-state index in [1.54, 1.807) is 6.92 Å². The van der Waals surface area contributed by atoms with Crippen molar-refractivity contribution in [3.63, 3.8) is 0 Å². The van der Waals surface area contributed by atoms with Crippen molar-refractivity contribution in [1.29, 1.82) is 0 Å². The fourth-order valence-corrected chi connectivity index (χ4v) is 3.16. The second kappa shape index (κ2) is 8.01. The van der Waals surface area contributed by atoms with Crippen molar-refractivity contribution in [3.05, 3.63) is 59.3 Å². The van der Waals surface area contributed by atoms with E-state index in [1.807, 2.05) is 19.2 Å². The van der Waals surface area contributed by atoms with Gasteiger partial charge in [-0.2, -0.15) is 0 Å². The summed E-state index contributed by atoms with van der Waals surface area (Å²) in [6.07, 6.45) is 0. The van der Waals surface area contributed by atoms with E-state index in [0.717, 1.165) is 6.54 Å². The van der Waals surface area contributed by atoms with Gasteiger partial charge in [0.2, 0.25) is 0 Å². The van der Waals surface area contributed by atoms with Crippen LogP contribution in [0.15, 0.2) is 53.7 Å². The first-order valence-electron chi connectivity index (χ1n) is 8.79. The Morgan fingerprint density at radius 3 is 2.69 bits per heavy atom. The zero-order valence-electron chi connectivity index (χ0n) is 15.1. The van der Waals surface area contributed by atoms with Crippen molar-refractivity contribution < 1.29 is 19.2 Å². The number of fused-ring (bicyclic) bond motifs is 1. The number of quaternary nitrogens is 1. The highest BCUT2D eigenvalue weighted by Gasteiger charge is 2.25. The second-order valence-corrected chi connectivity index (χ2v) is 6.48. The Bertz CT molecular complexity index is 860. The number of carbonyl (C=O) groups excluding carboxylic acids is 2. The van der Waals surface area contributed by atoms with Gasteiger partial charge in [0, 0.05) is 5.56 Å². The molecule has 0 spiro atoms. The van der Waals surface area contributed by atoms with Crippen molar-refractivity contribution >= 4 is 22.8 Å². The summed E-state index contributed by atoms with van der Waals surface area (Å²) in [4.78, 5) is 25.0. The number of likely N-dealkylation sites (N-methyl/N-ethyl adjacent to an activating group) is 1. The van der Waals surface area contributed by atoms with Gasteiger partial charge in [-0.25, -0.2) is 9.59 Å². The lowest BCUT2D eigenvalue weighted by Crippen LogP contribution is -3.08. The van der Waals surface area contributed by atoms with Gasteiger partial charge in [-0.3, -0.25) is 0 Å². The van der Waals surface area contributed by atoms with Crippen LogP contribution in [0.2, 0.25) is 0 Å². The maximum absolute atomic E-state index is 12.1. The molecule has 0 saturated heterocycles. The third kappa shape index (κ3) is 4.21. The van der Waals surface area contributed by atoms with Crippen molar-refractivity contribution in [2.24, 2.45) is 0 Å². The van der Waals surface area contributed by atoms with Gasteiger partial charge in [0.1, 0.15) is 13.1 Å². The van der Waals surface area contributed by atoms with E-state index in [9.17, 15) is 9.59 Å². The Labute approximate surface area is 152 Å². The van der Waals surface area contributed by atoms with Crippen LogP contribution in [0, 0.1) is 0 Å². The minimum atomic E-state index is -0.381. The molecule has 1 atom stereocenters. The summed E-state index contributed by atoms with van der Waals surface area (Å²) >= 11 is 0. The van der Waals surface area contributed by atoms with Crippen LogP contribution in [0.1, 0.15) is 12.5 Å². The van der Waals surface area contributed by atoms with E-state index in [0.29, 0.717) is 24.4 Å². The first kappa shape index (κ1) is 17.9. The zero-order chi connectivity index (χ0) is 18.5. The van der Waals surface area contributed by atoms with E-state index in [1.165, 1.54) is 21.2 Å². The molecule has 2 amide bonds. The molecule has 1 heterocycles. The third-order valence-corrected chi connectivity index (χ3v) is 4.37. The summed E-state index contributed by atoms with van der Waals surface area (Å²) < 4.78 is 5.10. The Hall–Kier alpha value is -2.86. The smallest absolute Gasteiger partial charge is 0.337 e. The Balaban J connectivity index is 1.74. The summed E-state index contributed by atoms with van der Waals surface area (Å²) in [6.45, 7) is 3.60. The molecular weight excluding hydrogens is 330 g/mol. The average molecular weight is 354 g/mol. The summed E-state index contributed by atoms with van der Waals surface area (Å²) in [5.41, 5.74) is 2.33. The van der Waals surface area contributed by atoms with Crippen LogP contribution < -0.4 is 15.5 Å². The van der Waals surface area contributed by atoms with Crippen LogP contribution in [-0.4, -0.2) is 38.7 Å².